The van der Waals surface area contributed by atoms with Gasteiger partial charge in [0, 0.05) is 12.1 Å². The minimum absolute atomic E-state index is 0.00813. The van der Waals surface area contributed by atoms with E-state index in [0.29, 0.717) is 11.3 Å². The highest BCUT2D eigenvalue weighted by molar-refractivity contribution is 6.38. The van der Waals surface area contributed by atoms with Crippen molar-refractivity contribution >= 4 is 29.0 Å². The van der Waals surface area contributed by atoms with Crippen molar-refractivity contribution in [1.82, 2.24) is 4.98 Å². The lowest BCUT2D eigenvalue weighted by Gasteiger charge is -2.16. The van der Waals surface area contributed by atoms with Gasteiger partial charge in [0.2, 0.25) is 5.95 Å². The van der Waals surface area contributed by atoms with E-state index in [0.717, 1.165) is 0 Å². The number of pyridine rings is 1. The molecule has 0 aliphatic carbocycles. The van der Waals surface area contributed by atoms with Crippen LogP contribution in [0, 0.1) is 5.95 Å². The molecule has 0 aliphatic heterocycles. The third-order valence-electron chi connectivity index (χ3n) is 3.40. The second-order valence-electron chi connectivity index (χ2n) is 5.92. The van der Waals surface area contributed by atoms with Crippen LogP contribution in [0.3, 0.4) is 0 Å². The molecule has 8 heteroatoms. The zero-order chi connectivity index (χ0) is 18.7. The van der Waals surface area contributed by atoms with Crippen molar-refractivity contribution in [3.63, 3.8) is 0 Å². The van der Waals surface area contributed by atoms with Crippen LogP contribution in [0.2, 0.25) is 10.0 Å². The molecule has 1 atom stereocenters. The molecule has 0 unspecified atom stereocenters. The average molecular weight is 389 g/mol. The van der Waals surface area contributed by atoms with Crippen molar-refractivity contribution in [1.29, 1.82) is 0 Å². The van der Waals surface area contributed by atoms with Crippen LogP contribution in [0.1, 0.15) is 32.3 Å². The van der Waals surface area contributed by atoms with Gasteiger partial charge in [-0.1, -0.05) is 37.0 Å². The summed E-state index contributed by atoms with van der Waals surface area (Å²) in [6.07, 6.45) is -0.674. The Kier molecular flexibility index (Phi) is 6.32. The summed E-state index contributed by atoms with van der Waals surface area (Å²) in [7, 11) is 0. The molecule has 0 saturated carbocycles. The van der Waals surface area contributed by atoms with Crippen molar-refractivity contribution in [3.05, 3.63) is 39.8 Å². The highest BCUT2D eigenvalue weighted by Crippen LogP contribution is 2.42. The fourth-order valence-electron chi connectivity index (χ4n) is 2.12. The minimum atomic E-state index is -0.947. The van der Waals surface area contributed by atoms with Crippen molar-refractivity contribution in [3.8, 4) is 17.2 Å². The zero-order valence-electron chi connectivity index (χ0n) is 14.0. The van der Waals surface area contributed by atoms with E-state index in [1.165, 1.54) is 12.1 Å². The number of anilines is 1. The van der Waals surface area contributed by atoms with Gasteiger partial charge in [0.1, 0.15) is 21.5 Å². The Balaban J connectivity index is 2.40. The first-order chi connectivity index (χ1) is 11.7. The summed E-state index contributed by atoms with van der Waals surface area (Å²) < 4.78 is 19.7. The van der Waals surface area contributed by atoms with E-state index in [1.807, 2.05) is 13.8 Å². The third-order valence-corrected chi connectivity index (χ3v) is 4.08. The maximum absolute atomic E-state index is 14.0. The molecule has 2 aromatic rings. The largest absolute Gasteiger partial charge is 0.508 e. The topological polar surface area (TPSA) is 74.6 Å². The van der Waals surface area contributed by atoms with Crippen LogP contribution in [0.5, 0.6) is 17.2 Å². The molecule has 1 heterocycles. The Bertz CT molecular complexity index is 770. The predicted octanol–water partition coefficient (Wildman–Crippen LogP) is 4.94. The third kappa shape index (κ3) is 4.66. The number of aromatic nitrogens is 1. The molecular weight excluding hydrogens is 370 g/mol. The summed E-state index contributed by atoms with van der Waals surface area (Å²) >= 11 is 12.2. The summed E-state index contributed by atoms with van der Waals surface area (Å²) in [5.41, 5.74) is 0.673. The fraction of sp³-hybridized carbons (Fsp3) is 0.353. The smallest absolute Gasteiger partial charge is 0.237 e. The molecule has 0 amide bonds. The zero-order valence-corrected chi connectivity index (χ0v) is 15.5. The van der Waals surface area contributed by atoms with E-state index in [9.17, 15) is 14.6 Å². The molecule has 0 radical (unpaired) electrons. The van der Waals surface area contributed by atoms with Crippen LogP contribution in [0.15, 0.2) is 18.2 Å². The normalized spacial score (nSPS) is 12.3. The van der Waals surface area contributed by atoms with Gasteiger partial charge in [0.15, 0.2) is 11.6 Å². The minimum Gasteiger partial charge on any atom is -0.508 e. The van der Waals surface area contributed by atoms with Gasteiger partial charge in [-0.15, -0.1) is 0 Å². The van der Waals surface area contributed by atoms with Crippen molar-refractivity contribution < 1.29 is 19.3 Å². The van der Waals surface area contributed by atoms with Crippen molar-refractivity contribution in [2.45, 2.75) is 32.8 Å². The molecule has 136 valence electrons. The molecule has 1 aromatic heterocycles. The van der Waals surface area contributed by atoms with Gasteiger partial charge >= 0.3 is 0 Å². The molecule has 1 aromatic carbocycles. The van der Waals surface area contributed by atoms with Gasteiger partial charge in [0.05, 0.1) is 6.10 Å². The Morgan fingerprint density at radius 1 is 1.24 bits per heavy atom. The Morgan fingerprint density at radius 2 is 1.92 bits per heavy atom. The molecule has 0 aliphatic rings. The molecular formula is C17H19Cl2FN2O3. The SMILES string of the molecule is CC(C)c1cc(Oc2c(Cl)c(F)nc(NC[C@@H](C)O)c2Cl)ccc1O. The maximum Gasteiger partial charge on any atom is 0.237 e. The van der Waals surface area contributed by atoms with E-state index in [-0.39, 0.29) is 39.8 Å². The van der Waals surface area contributed by atoms with Crippen molar-refractivity contribution in [2.75, 3.05) is 11.9 Å². The van der Waals surface area contributed by atoms with Gasteiger partial charge in [0.25, 0.3) is 0 Å². The molecule has 3 N–H and O–H groups in total. The Morgan fingerprint density at radius 3 is 2.52 bits per heavy atom. The molecule has 0 bridgehead atoms. The first kappa shape index (κ1) is 19.6. The predicted molar refractivity (Wildman–Crippen MR) is 96.7 cm³/mol. The van der Waals surface area contributed by atoms with E-state index in [2.05, 4.69) is 10.3 Å². The second kappa shape index (κ2) is 8.08. The van der Waals surface area contributed by atoms with Gasteiger partial charge in [-0.05, 0) is 31.0 Å². The van der Waals surface area contributed by atoms with Gasteiger partial charge in [-0.3, -0.25) is 0 Å². The molecule has 2 rings (SSSR count). The quantitative estimate of drug-likeness (QED) is 0.610. The number of nitrogens with one attached hydrogen (secondary N) is 1. The molecule has 5 nitrogen and oxygen atoms in total. The van der Waals surface area contributed by atoms with Crippen LogP contribution in [0.4, 0.5) is 10.2 Å². The maximum atomic E-state index is 14.0. The van der Waals surface area contributed by atoms with Gasteiger partial charge in [-0.2, -0.15) is 9.37 Å². The monoisotopic (exact) mass is 388 g/mol. The second-order valence-corrected chi connectivity index (χ2v) is 6.67. The summed E-state index contributed by atoms with van der Waals surface area (Å²) in [5, 5.41) is 21.6. The lowest BCUT2D eigenvalue weighted by Crippen LogP contribution is -2.16. The molecule has 25 heavy (non-hydrogen) atoms. The Hall–Kier alpha value is -1.76. The number of aliphatic hydroxyl groups excluding tert-OH is 1. The highest BCUT2D eigenvalue weighted by atomic mass is 35.5. The highest BCUT2D eigenvalue weighted by Gasteiger charge is 2.20. The van der Waals surface area contributed by atoms with E-state index < -0.39 is 12.1 Å². The standard InChI is InChI=1S/C17H19Cl2FN2O3/c1-8(2)11-6-10(4-5-12(11)24)25-15-13(18)16(20)22-17(14(15)19)21-7-9(3)23/h4-6,8-9,23-24H,7H2,1-3H3,(H,21,22)/t9-/m1/s1. The number of ether oxygens (including phenoxy) is 1. The number of benzene rings is 1. The number of nitrogens with zero attached hydrogens (tertiary/aromatic N) is 1. The van der Waals surface area contributed by atoms with E-state index in [4.69, 9.17) is 27.9 Å². The molecule has 0 spiro atoms. The van der Waals surface area contributed by atoms with Crippen LogP contribution in [-0.2, 0) is 0 Å². The summed E-state index contributed by atoms with van der Waals surface area (Å²) in [6.45, 7) is 5.53. The fourth-order valence-corrected chi connectivity index (χ4v) is 2.59. The molecule has 0 saturated heterocycles. The first-order valence-corrected chi connectivity index (χ1v) is 8.43. The first-order valence-electron chi connectivity index (χ1n) is 7.67. The lowest BCUT2D eigenvalue weighted by molar-refractivity contribution is 0.208. The number of phenols is 1. The summed E-state index contributed by atoms with van der Waals surface area (Å²) in [5.74, 6) is -0.479. The lowest BCUT2D eigenvalue weighted by atomic mass is 10.0. The number of hydrogen-bond donors (Lipinski definition) is 3. The van der Waals surface area contributed by atoms with E-state index in [1.54, 1.807) is 13.0 Å². The van der Waals surface area contributed by atoms with Crippen LogP contribution in [0.25, 0.3) is 0 Å². The molecule has 0 fully saturated rings. The summed E-state index contributed by atoms with van der Waals surface area (Å²) in [6, 6.07) is 4.64. The van der Waals surface area contributed by atoms with Crippen LogP contribution < -0.4 is 10.1 Å². The number of rotatable bonds is 6. The van der Waals surface area contributed by atoms with Crippen LogP contribution in [-0.4, -0.2) is 27.8 Å². The van der Waals surface area contributed by atoms with Crippen molar-refractivity contribution in [2.24, 2.45) is 0 Å². The van der Waals surface area contributed by atoms with Crippen LogP contribution >= 0.6 is 23.2 Å². The summed E-state index contributed by atoms with van der Waals surface area (Å²) in [4.78, 5) is 3.63. The number of aromatic hydroxyl groups is 1. The number of hydrogen-bond acceptors (Lipinski definition) is 5. The number of aliphatic hydroxyl groups is 1. The number of phenolic OH excluding ortho intramolecular Hbond substituents is 1. The van der Waals surface area contributed by atoms with Gasteiger partial charge < -0.3 is 20.3 Å². The number of halogens is 3. The Labute approximate surface area is 155 Å². The average Bonchev–Trinajstić information content (AvgIpc) is 2.54. The van der Waals surface area contributed by atoms with E-state index >= 15 is 0 Å². The van der Waals surface area contributed by atoms with Gasteiger partial charge in [-0.25, -0.2) is 0 Å².